The van der Waals surface area contributed by atoms with Crippen LogP contribution in [0.4, 0.5) is 10.1 Å². The lowest BCUT2D eigenvalue weighted by Gasteiger charge is -2.17. The number of hydrogen-bond donors (Lipinski definition) is 2. The highest BCUT2D eigenvalue weighted by Gasteiger charge is 2.19. The normalized spacial score (nSPS) is 11.1. The van der Waals surface area contributed by atoms with Gasteiger partial charge in [-0.3, -0.25) is 9.59 Å². The lowest BCUT2D eigenvalue weighted by atomic mass is 10.2. The Morgan fingerprint density at radius 2 is 1.79 bits per heavy atom. The van der Waals surface area contributed by atoms with E-state index in [4.69, 9.17) is 0 Å². The van der Waals surface area contributed by atoms with Gasteiger partial charge in [0.05, 0.1) is 11.4 Å². The summed E-state index contributed by atoms with van der Waals surface area (Å²) in [5, 5.41) is 2.56. The van der Waals surface area contributed by atoms with Gasteiger partial charge in [0.25, 0.3) is 5.91 Å². The lowest BCUT2D eigenvalue weighted by molar-refractivity contribution is -0.116. The quantitative estimate of drug-likeness (QED) is 0.701. The Morgan fingerprint density at radius 1 is 1.11 bits per heavy atom. The van der Waals surface area contributed by atoms with E-state index >= 15 is 0 Å². The van der Waals surface area contributed by atoms with Crippen LogP contribution in [0.5, 0.6) is 0 Å². The number of carbonyl (C=O) groups excluding carboxylic acids is 2. The summed E-state index contributed by atoms with van der Waals surface area (Å²) in [6.45, 7) is 1.89. The van der Waals surface area contributed by atoms with Crippen LogP contribution in [0.3, 0.4) is 0 Å². The molecule has 2 amide bonds. The second kappa shape index (κ2) is 9.43. The molecule has 2 aromatic carbocycles. The van der Waals surface area contributed by atoms with Crippen LogP contribution in [0, 0.1) is 5.82 Å². The summed E-state index contributed by atoms with van der Waals surface area (Å²) in [7, 11) is -2.27. The van der Waals surface area contributed by atoms with Gasteiger partial charge in [0.2, 0.25) is 15.9 Å². The zero-order chi connectivity index (χ0) is 20.7. The monoisotopic (exact) mass is 407 g/mol. The third-order valence-corrected chi connectivity index (χ3v) is 5.25. The van der Waals surface area contributed by atoms with Gasteiger partial charge in [-0.1, -0.05) is 13.0 Å². The molecule has 0 bridgehead atoms. The number of rotatable bonds is 8. The van der Waals surface area contributed by atoms with Crippen LogP contribution in [-0.2, 0) is 14.8 Å². The maximum absolute atomic E-state index is 12.9. The maximum atomic E-state index is 12.9. The number of benzene rings is 2. The van der Waals surface area contributed by atoms with E-state index in [2.05, 4.69) is 10.0 Å². The van der Waals surface area contributed by atoms with Crippen molar-refractivity contribution in [3.8, 4) is 0 Å². The Bertz CT molecular complexity index is 946. The number of nitrogens with zero attached hydrogens (tertiary/aromatic N) is 1. The number of hydrogen-bond acceptors (Lipinski definition) is 4. The molecular formula is C19H22FN3O4S. The van der Waals surface area contributed by atoms with E-state index in [1.165, 1.54) is 60.5 Å². The van der Waals surface area contributed by atoms with Crippen molar-refractivity contribution in [2.45, 2.75) is 18.2 Å². The van der Waals surface area contributed by atoms with Gasteiger partial charge >= 0.3 is 0 Å². The van der Waals surface area contributed by atoms with Gasteiger partial charge in [-0.15, -0.1) is 0 Å². The molecule has 0 aromatic heterocycles. The molecule has 0 aliphatic carbocycles. The van der Waals surface area contributed by atoms with Crippen LogP contribution in [0.1, 0.15) is 23.7 Å². The van der Waals surface area contributed by atoms with Crippen LogP contribution in [0.15, 0.2) is 53.4 Å². The van der Waals surface area contributed by atoms with Gasteiger partial charge in [0.15, 0.2) is 0 Å². The van der Waals surface area contributed by atoms with Crippen LogP contribution < -0.4 is 10.0 Å². The first-order chi connectivity index (χ1) is 13.2. The van der Waals surface area contributed by atoms with E-state index in [1.54, 1.807) is 0 Å². The summed E-state index contributed by atoms with van der Waals surface area (Å²) in [5.74, 6) is -1.38. The molecule has 0 spiro atoms. The zero-order valence-corrected chi connectivity index (χ0v) is 16.4. The largest absolute Gasteiger partial charge is 0.332 e. The maximum Gasteiger partial charge on any atom is 0.254 e. The Kier molecular flexibility index (Phi) is 7.24. The molecule has 0 aliphatic rings. The number of carbonyl (C=O) groups is 2. The molecule has 0 saturated heterocycles. The van der Waals surface area contributed by atoms with Crippen molar-refractivity contribution in [3.63, 3.8) is 0 Å². The molecule has 0 aliphatic heterocycles. The predicted molar refractivity (Wildman–Crippen MR) is 104 cm³/mol. The molecule has 0 saturated carbocycles. The summed E-state index contributed by atoms with van der Waals surface area (Å²) in [4.78, 5) is 25.8. The molecule has 0 unspecified atom stereocenters. The summed E-state index contributed by atoms with van der Waals surface area (Å²) in [5.41, 5.74) is 0.554. The van der Waals surface area contributed by atoms with Gasteiger partial charge in [0, 0.05) is 24.8 Å². The third-order valence-electron chi connectivity index (χ3n) is 3.79. The summed E-state index contributed by atoms with van der Waals surface area (Å²) in [6.07, 6.45) is 0.643. The van der Waals surface area contributed by atoms with E-state index < -0.39 is 27.7 Å². The smallest absolute Gasteiger partial charge is 0.254 e. The first-order valence-electron chi connectivity index (χ1n) is 8.63. The van der Waals surface area contributed by atoms with Crippen LogP contribution in [0.25, 0.3) is 0 Å². The fourth-order valence-electron chi connectivity index (χ4n) is 2.36. The van der Waals surface area contributed by atoms with Crippen molar-refractivity contribution < 1.29 is 22.4 Å². The first kappa shape index (κ1) is 21.5. The van der Waals surface area contributed by atoms with Gasteiger partial charge in [-0.05, 0) is 48.9 Å². The molecule has 9 heteroatoms. The highest BCUT2D eigenvalue weighted by atomic mass is 32.2. The number of halogens is 1. The average molecular weight is 407 g/mol. The Labute approximate surface area is 163 Å². The molecule has 2 N–H and O–H groups in total. The molecule has 0 atom stereocenters. The molecule has 0 radical (unpaired) electrons. The standard InChI is InChI=1S/C19H22FN3O4S/c1-3-11-21-28(26,27)17-6-4-5-14(12-17)19(25)23(2)13-18(24)22-16-9-7-15(20)8-10-16/h4-10,12,21H,3,11,13H2,1-2H3,(H,22,24). The van der Waals surface area contributed by atoms with Crippen molar-refractivity contribution in [2.24, 2.45) is 0 Å². The van der Waals surface area contributed by atoms with Crippen molar-refractivity contribution in [3.05, 3.63) is 59.9 Å². The minimum Gasteiger partial charge on any atom is -0.332 e. The lowest BCUT2D eigenvalue weighted by Crippen LogP contribution is -2.35. The topological polar surface area (TPSA) is 95.6 Å². The molecular weight excluding hydrogens is 385 g/mol. The van der Waals surface area contributed by atoms with Crippen LogP contribution >= 0.6 is 0 Å². The predicted octanol–water partition coefficient (Wildman–Crippen LogP) is 2.22. The third kappa shape index (κ3) is 5.86. The van der Waals surface area contributed by atoms with E-state index in [1.807, 2.05) is 6.92 Å². The highest BCUT2D eigenvalue weighted by molar-refractivity contribution is 7.89. The second-order valence-corrected chi connectivity index (χ2v) is 7.91. The minimum atomic E-state index is -3.70. The number of sulfonamides is 1. The number of nitrogens with one attached hydrogen (secondary N) is 2. The highest BCUT2D eigenvalue weighted by Crippen LogP contribution is 2.13. The Hall–Kier alpha value is -2.78. The number of amides is 2. The second-order valence-electron chi connectivity index (χ2n) is 6.14. The molecule has 7 nitrogen and oxygen atoms in total. The minimum absolute atomic E-state index is 0.0176. The Morgan fingerprint density at radius 3 is 2.43 bits per heavy atom. The molecule has 0 fully saturated rings. The van der Waals surface area contributed by atoms with E-state index in [9.17, 15) is 22.4 Å². The molecule has 2 aromatic rings. The van der Waals surface area contributed by atoms with Gasteiger partial charge in [-0.25, -0.2) is 17.5 Å². The molecule has 150 valence electrons. The van der Waals surface area contributed by atoms with Gasteiger partial charge < -0.3 is 10.2 Å². The van der Waals surface area contributed by atoms with Gasteiger partial charge in [-0.2, -0.15) is 0 Å². The van der Waals surface area contributed by atoms with Crippen LogP contribution in [0.2, 0.25) is 0 Å². The number of anilines is 1. The molecule has 28 heavy (non-hydrogen) atoms. The number of likely N-dealkylation sites (N-methyl/N-ethyl adjacent to an activating group) is 1. The summed E-state index contributed by atoms with van der Waals surface area (Å²) >= 11 is 0. The van der Waals surface area contributed by atoms with Gasteiger partial charge in [0.1, 0.15) is 5.82 Å². The van der Waals surface area contributed by atoms with Crippen LogP contribution in [-0.4, -0.2) is 45.3 Å². The average Bonchev–Trinajstić information content (AvgIpc) is 2.67. The zero-order valence-electron chi connectivity index (χ0n) is 15.6. The summed E-state index contributed by atoms with van der Waals surface area (Å²) in [6, 6.07) is 10.9. The van der Waals surface area contributed by atoms with Crippen molar-refractivity contribution in [1.82, 2.24) is 9.62 Å². The van der Waals surface area contributed by atoms with E-state index in [0.29, 0.717) is 18.7 Å². The summed E-state index contributed by atoms with van der Waals surface area (Å²) < 4.78 is 39.8. The van der Waals surface area contributed by atoms with E-state index in [0.717, 1.165) is 0 Å². The SMILES string of the molecule is CCCNS(=O)(=O)c1cccc(C(=O)N(C)CC(=O)Nc2ccc(F)cc2)c1. The van der Waals surface area contributed by atoms with Crippen molar-refractivity contribution in [1.29, 1.82) is 0 Å². The fraction of sp³-hybridized carbons (Fsp3) is 0.263. The molecule has 2 rings (SSSR count). The Balaban J connectivity index is 2.05. The van der Waals surface area contributed by atoms with Crippen molar-refractivity contribution in [2.75, 3.05) is 25.5 Å². The van der Waals surface area contributed by atoms with E-state index in [-0.39, 0.29) is 17.0 Å². The first-order valence-corrected chi connectivity index (χ1v) is 10.1. The van der Waals surface area contributed by atoms with Crippen molar-refractivity contribution >= 4 is 27.5 Å². The fourth-order valence-corrected chi connectivity index (χ4v) is 3.54. The molecule has 0 heterocycles.